The third-order valence-electron chi connectivity index (χ3n) is 0.495. The highest BCUT2D eigenvalue weighted by atomic mass is 16.6. The highest BCUT2D eigenvalue weighted by Gasteiger charge is 2.00. The van der Waals surface area contributed by atoms with Gasteiger partial charge >= 0.3 is 0 Å². The first kappa shape index (κ1) is 7.84. The maximum absolute atomic E-state index is 8.32. The van der Waals surface area contributed by atoms with E-state index in [-0.39, 0.29) is 13.2 Å². The maximum Gasteiger partial charge on any atom is 0.247 e. The highest BCUT2D eigenvalue weighted by Crippen LogP contribution is 1.91. The molecule has 4 heteroatoms. The van der Waals surface area contributed by atoms with E-state index in [9.17, 15) is 0 Å². The second-order valence-corrected chi connectivity index (χ2v) is 1.12. The molecule has 0 spiro atoms. The van der Waals surface area contributed by atoms with Crippen LogP contribution in [0, 0.1) is 6.29 Å². The van der Waals surface area contributed by atoms with Crippen LogP contribution in [-0.2, 0) is 4.74 Å². The standard InChI is InChI=1S/C4H9O4/c5-1-2-8-4(7)3-6/h5-7H,1-3H2. The topological polar surface area (TPSA) is 69.9 Å². The van der Waals surface area contributed by atoms with Crippen molar-refractivity contribution in [2.75, 3.05) is 19.8 Å². The van der Waals surface area contributed by atoms with Crippen molar-refractivity contribution in [3.63, 3.8) is 0 Å². The molecule has 0 aromatic rings. The number of hydrogen-bond acceptors (Lipinski definition) is 4. The second kappa shape index (κ2) is 4.99. The van der Waals surface area contributed by atoms with Gasteiger partial charge in [-0.1, -0.05) is 0 Å². The molecule has 4 nitrogen and oxygen atoms in total. The second-order valence-electron chi connectivity index (χ2n) is 1.12. The lowest BCUT2D eigenvalue weighted by molar-refractivity contribution is -0.0371. The van der Waals surface area contributed by atoms with Crippen LogP contribution in [0.2, 0.25) is 0 Å². The van der Waals surface area contributed by atoms with E-state index >= 15 is 0 Å². The van der Waals surface area contributed by atoms with Crippen LogP contribution in [0.5, 0.6) is 0 Å². The largest absolute Gasteiger partial charge is 0.394 e. The molecular weight excluding hydrogens is 112 g/mol. The predicted octanol–water partition coefficient (Wildman–Crippen LogP) is -1.15. The molecule has 0 aliphatic carbocycles. The molecule has 0 fully saturated rings. The van der Waals surface area contributed by atoms with Crippen molar-refractivity contribution in [2.45, 2.75) is 0 Å². The smallest absolute Gasteiger partial charge is 0.247 e. The normalized spacial score (nSPS) is 10.5. The molecule has 3 N–H and O–H groups in total. The molecule has 8 heavy (non-hydrogen) atoms. The molecule has 0 aromatic carbocycles. The zero-order chi connectivity index (χ0) is 6.41. The SMILES string of the molecule is OCCO[C](O)CO. The predicted molar refractivity (Wildman–Crippen MR) is 25.3 cm³/mol. The van der Waals surface area contributed by atoms with E-state index in [1.165, 1.54) is 0 Å². The Morgan fingerprint density at radius 1 is 1.38 bits per heavy atom. The summed E-state index contributed by atoms with van der Waals surface area (Å²) < 4.78 is 4.31. The fourth-order valence-electron chi connectivity index (χ4n) is 0.209. The van der Waals surface area contributed by atoms with Crippen LogP contribution in [0.1, 0.15) is 0 Å². The van der Waals surface area contributed by atoms with Gasteiger partial charge in [-0.05, 0) is 0 Å². The van der Waals surface area contributed by atoms with E-state index < -0.39 is 12.9 Å². The monoisotopic (exact) mass is 121 g/mol. The third kappa shape index (κ3) is 4.01. The van der Waals surface area contributed by atoms with Crippen molar-refractivity contribution < 1.29 is 20.1 Å². The zero-order valence-corrected chi connectivity index (χ0v) is 4.37. The lowest BCUT2D eigenvalue weighted by Crippen LogP contribution is -2.09. The van der Waals surface area contributed by atoms with Crippen LogP contribution in [0.4, 0.5) is 0 Å². The van der Waals surface area contributed by atoms with Crippen molar-refractivity contribution in [3.05, 3.63) is 6.29 Å². The fourth-order valence-corrected chi connectivity index (χ4v) is 0.209. The van der Waals surface area contributed by atoms with Crippen molar-refractivity contribution in [3.8, 4) is 0 Å². The van der Waals surface area contributed by atoms with Gasteiger partial charge < -0.3 is 20.1 Å². The Bertz CT molecular complexity index is 47.3. The van der Waals surface area contributed by atoms with Crippen molar-refractivity contribution in [1.29, 1.82) is 0 Å². The first-order chi connectivity index (χ1) is 3.81. The summed E-state index contributed by atoms with van der Waals surface area (Å²) in [5.41, 5.74) is 0. The molecule has 0 atom stereocenters. The summed E-state index contributed by atoms with van der Waals surface area (Å²) in [6.07, 6.45) is -0.459. The molecule has 1 radical (unpaired) electrons. The summed E-state index contributed by atoms with van der Waals surface area (Å²) in [5, 5.41) is 24.5. The fraction of sp³-hybridized carbons (Fsp3) is 0.750. The van der Waals surface area contributed by atoms with Gasteiger partial charge in [-0.3, -0.25) is 0 Å². The lowest BCUT2D eigenvalue weighted by atomic mass is 10.7. The van der Waals surface area contributed by atoms with Crippen molar-refractivity contribution in [2.24, 2.45) is 0 Å². The van der Waals surface area contributed by atoms with E-state index in [0.717, 1.165) is 0 Å². The minimum atomic E-state index is -0.514. The van der Waals surface area contributed by atoms with Gasteiger partial charge in [0.1, 0.15) is 6.61 Å². The number of aliphatic hydroxyl groups excluding tert-OH is 3. The van der Waals surface area contributed by atoms with Crippen LogP contribution in [-0.4, -0.2) is 35.1 Å². The highest BCUT2D eigenvalue weighted by molar-refractivity contribution is 4.55. The average molecular weight is 121 g/mol. The quantitative estimate of drug-likeness (QED) is 0.439. The molecule has 0 amide bonds. The van der Waals surface area contributed by atoms with Crippen LogP contribution < -0.4 is 0 Å². The molecular formula is C4H9O4. The van der Waals surface area contributed by atoms with Gasteiger partial charge in [0.25, 0.3) is 0 Å². The Hall–Kier alpha value is -0.160. The van der Waals surface area contributed by atoms with Crippen molar-refractivity contribution >= 4 is 0 Å². The molecule has 0 unspecified atom stereocenters. The van der Waals surface area contributed by atoms with Gasteiger partial charge in [-0.2, -0.15) is 0 Å². The maximum atomic E-state index is 8.32. The van der Waals surface area contributed by atoms with Gasteiger partial charge in [-0.15, -0.1) is 0 Å². The third-order valence-corrected chi connectivity index (χ3v) is 0.495. The van der Waals surface area contributed by atoms with Gasteiger partial charge in [0.2, 0.25) is 6.29 Å². The number of ether oxygens (including phenoxy) is 1. The Labute approximate surface area is 47.3 Å². The molecule has 0 aliphatic heterocycles. The number of hydrogen-bond donors (Lipinski definition) is 3. The molecule has 0 saturated carbocycles. The van der Waals surface area contributed by atoms with E-state index in [1.54, 1.807) is 0 Å². The van der Waals surface area contributed by atoms with Crippen LogP contribution in [0.3, 0.4) is 0 Å². The van der Waals surface area contributed by atoms with Crippen molar-refractivity contribution in [1.82, 2.24) is 0 Å². The van der Waals surface area contributed by atoms with E-state index in [2.05, 4.69) is 4.74 Å². The Morgan fingerprint density at radius 2 is 2.00 bits per heavy atom. The lowest BCUT2D eigenvalue weighted by Gasteiger charge is -2.03. The Kier molecular flexibility index (Phi) is 4.89. The van der Waals surface area contributed by atoms with Crippen LogP contribution >= 0.6 is 0 Å². The molecule has 0 bridgehead atoms. The van der Waals surface area contributed by atoms with E-state index in [4.69, 9.17) is 15.3 Å². The Balaban J connectivity index is 2.86. The summed E-state index contributed by atoms with van der Waals surface area (Å²) >= 11 is 0. The molecule has 49 valence electrons. The summed E-state index contributed by atoms with van der Waals surface area (Å²) in [6.45, 7) is -0.656. The minimum Gasteiger partial charge on any atom is -0.394 e. The molecule has 0 aliphatic rings. The zero-order valence-electron chi connectivity index (χ0n) is 4.37. The summed E-state index contributed by atoms with van der Waals surface area (Å²) in [6, 6.07) is 0. The molecule has 0 rings (SSSR count). The average Bonchev–Trinajstić information content (AvgIpc) is 1.83. The van der Waals surface area contributed by atoms with Crippen LogP contribution in [0.25, 0.3) is 0 Å². The van der Waals surface area contributed by atoms with E-state index in [0.29, 0.717) is 0 Å². The van der Waals surface area contributed by atoms with Gasteiger partial charge in [0.15, 0.2) is 0 Å². The van der Waals surface area contributed by atoms with Gasteiger partial charge in [0, 0.05) is 0 Å². The van der Waals surface area contributed by atoms with Gasteiger partial charge in [0.05, 0.1) is 13.2 Å². The van der Waals surface area contributed by atoms with Gasteiger partial charge in [-0.25, -0.2) is 0 Å². The first-order valence-corrected chi connectivity index (χ1v) is 2.20. The van der Waals surface area contributed by atoms with E-state index in [1.807, 2.05) is 0 Å². The Morgan fingerprint density at radius 3 is 2.38 bits per heavy atom. The minimum absolute atomic E-state index is 0.0202. The number of rotatable bonds is 4. The van der Waals surface area contributed by atoms with Crippen LogP contribution in [0.15, 0.2) is 0 Å². The number of aliphatic hydroxyl groups is 3. The summed E-state index contributed by atoms with van der Waals surface area (Å²) in [7, 11) is 0. The molecule has 0 heterocycles. The first-order valence-electron chi connectivity index (χ1n) is 2.20. The summed E-state index contributed by atoms with van der Waals surface area (Å²) in [4.78, 5) is 0. The molecule has 0 saturated heterocycles. The summed E-state index contributed by atoms with van der Waals surface area (Å²) in [5.74, 6) is 0. The molecule has 0 aromatic heterocycles.